The van der Waals surface area contributed by atoms with Gasteiger partial charge in [0.15, 0.2) is 9.84 Å². The van der Waals surface area contributed by atoms with Crippen LogP contribution in [0, 0.1) is 5.92 Å². The summed E-state index contributed by atoms with van der Waals surface area (Å²) in [7, 11) is -3.22. The van der Waals surface area contributed by atoms with Gasteiger partial charge in [-0.2, -0.15) is 5.10 Å². The number of nitrogens with one attached hydrogen (secondary N) is 1. The van der Waals surface area contributed by atoms with Crippen LogP contribution in [0.4, 0.5) is 0 Å². The van der Waals surface area contributed by atoms with Crippen molar-refractivity contribution in [3.63, 3.8) is 0 Å². The number of pyridine rings is 1. The fourth-order valence-electron chi connectivity index (χ4n) is 3.24. The second kappa shape index (κ2) is 6.80. The Labute approximate surface area is 136 Å². The van der Waals surface area contributed by atoms with E-state index in [1.54, 1.807) is 0 Å². The van der Waals surface area contributed by atoms with Crippen LogP contribution in [0.25, 0.3) is 0 Å². The third-order valence-electron chi connectivity index (χ3n) is 4.29. The lowest BCUT2D eigenvalue weighted by Gasteiger charge is -2.32. The lowest BCUT2D eigenvalue weighted by molar-refractivity contribution is 0.164. The standard InChI is InChI=1S/C16H22N4O2S/c1-23(21,22)16-10-18-19-15(16)9-13-5-4-8-20(11-13)12-14-6-2-3-7-17-14/h2-3,6-7,10,13H,4-5,8-9,11-12H2,1H3,(H,18,19)/t13-/m0/s1. The number of nitrogens with zero attached hydrogens (tertiary/aromatic N) is 3. The molecule has 0 bridgehead atoms. The molecule has 3 rings (SSSR count). The Balaban J connectivity index is 1.64. The predicted octanol–water partition coefficient (Wildman–Crippen LogP) is 1.66. The van der Waals surface area contributed by atoms with Crippen LogP contribution in [0.15, 0.2) is 35.5 Å². The number of piperidine rings is 1. The number of aromatic amines is 1. The molecule has 2 aromatic heterocycles. The molecule has 0 saturated carbocycles. The lowest BCUT2D eigenvalue weighted by Crippen LogP contribution is -2.36. The first kappa shape index (κ1) is 16.1. The summed E-state index contributed by atoms with van der Waals surface area (Å²) in [6.07, 6.45) is 7.43. The molecule has 1 N–H and O–H groups in total. The van der Waals surface area contributed by atoms with Crippen molar-refractivity contribution in [1.29, 1.82) is 0 Å². The van der Waals surface area contributed by atoms with Crippen LogP contribution >= 0.6 is 0 Å². The average molecular weight is 334 g/mol. The van der Waals surface area contributed by atoms with E-state index in [-0.39, 0.29) is 0 Å². The summed E-state index contributed by atoms with van der Waals surface area (Å²) < 4.78 is 23.6. The predicted molar refractivity (Wildman–Crippen MR) is 87.6 cm³/mol. The van der Waals surface area contributed by atoms with E-state index in [1.807, 2.05) is 24.4 Å². The maximum atomic E-state index is 11.8. The molecule has 0 amide bonds. The molecule has 23 heavy (non-hydrogen) atoms. The number of aromatic nitrogens is 3. The van der Waals surface area contributed by atoms with Crippen molar-refractivity contribution >= 4 is 9.84 Å². The van der Waals surface area contributed by atoms with Gasteiger partial charge in [-0.1, -0.05) is 6.07 Å². The van der Waals surface area contributed by atoms with Gasteiger partial charge >= 0.3 is 0 Å². The average Bonchev–Trinajstić information content (AvgIpc) is 2.97. The summed E-state index contributed by atoms with van der Waals surface area (Å²) in [5, 5.41) is 6.78. The zero-order chi connectivity index (χ0) is 16.3. The van der Waals surface area contributed by atoms with Crippen LogP contribution in [0.2, 0.25) is 0 Å². The maximum absolute atomic E-state index is 11.8. The molecule has 1 aliphatic heterocycles. The van der Waals surface area contributed by atoms with E-state index in [4.69, 9.17) is 0 Å². The molecule has 0 unspecified atom stereocenters. The highest BCUT2D eigenvalue weighted by Gasteiger charge is 2.24. The van der Waals surface area contributed by atoms with Gasteiger partial charge in [0, 0.05) is 25.5 Å². The first-order chi connectivity index (χ1) is 11.0. The highest BCUT2D eigenvalue weighted by Crippen LogP contribution is 2.24. The number of hydrogen-bond acceptors (Lipinski definition) is 5. The molecule has 2 aromatic rings. The third kappa shape index (κ3) is 4.17. The van der Waals surface area contributed by atoms with Gasteiger partial charge in [-0.05, 0) is 43.9 Å². The van der Waals surface area contributed by atoms with Crippen LogP contribution < -0.4 is 0 Å². The van der Waals surface area contributed by atoms with Gasteiger partial charge in [-0.25, -0.2) is 8.42 Å². The van der Waals surface area contributed by atoms with E-state index in [2.05, 4.69) is 20.1 Å². The molecule has 7 heteroatoms. The van der Waals surface area contributed by atoms with E-state index in [0.29, 0.717) is 10.8 Å². The molecule has 124 valence electrons. The Morgan fingerprint density at radius 2 is 2.26 bits per heavy atom. The molecule has 1 saturated heterocycles. The minimum absolute atomic E-state index is 0.333. The minimum Gasteiger partial charge on any atom is -0.297 e. The van der Waals surface area contributed by atoms with Crippen molar-refractivity contribution in [2.75, 3.05) is 19.3 Å². The van der Waals surface area contributed by atoms with E-state index >= 15 is 0 Å². The van der Waals surface area contributed by atoms with Crippen molar-refractivity contribution in [2.24, 2.45) is 5.92 Å². The number of rotatable bonds is 5. The highest BCUT2D eigenvalue weighted by molar-refractivity contribution is 7.90. The second-order valence-electron chi connectivity index (χ2n) is 6.25. The van der Waals surface area contributed by atoms with E-state index < -0.39 is 9.84 Å². The van der Waals surface area contributed by atoms with Gasteiger partial charge in [-0.3, -0.25) is 15.0 Å². The monoisotopic (exact) mass is 334 g/mol. The van der Waals surface area contributed by atoms with Crippen LogP contribution in [-0.4, -0.2) is 47.8 Å². The summed E-state index contributed by atoms with van der Waals surface area (Å²) in [5.41, 5.74) is 1.81. The molecule has 0 radical (unpaired) electrons. The molecular formula is C16H22N4O2S. The van der Waals surface area contributed by atoms with Crippen LogP contribution in [0.1, 0.15) is 24.2 Å². The number of hydrogen-bond donors (Lipinski definition) is 1. The normalized spacial score (nSPS) is 19.8. The van der Waals surface area contributed by atoms with Gasteiger partial charge in [-0.15, -0.1) is 0 Å². The Hall–Kier alpha value is -1.73. The van der Waals surface area contributed by atoms with Crippen molar-refractivity contribution in [2.45, 2.75) is 30.7 Å². The smallest absolute Gasteiger partial charge is 0.178 e. The minimum atomic E-state index is -3.22. The van der Waals surface area contributed by atoms with E-state index in [9.17, 15) is 8.42 Å². The van der Waals surface area contributed by atoms with Gasteiger partial charge < -0.3 is 0 Å². The largest absolute Gasteiger partial charge is 0.297 e. The molecule has 6 nitrogen and oxygen atoms in total. The summed E-state index contributed by atoms with van der Waals surface area (Å²) in [6, 6.07) is 5.97. The SMILES string of the molecule is CS(=O)(=O)c1cn[nH]c1C[C@@H]1CCCN(Cc2ccccn2)C1. The Kier molecular flexibility index (Phi) is 4.77. The van der Waals surface area contributed by atoms with Gasteiger partial charge in [0.1, 0.15) is 4.90 Å². The van der Waals surface area contributed by atoms with Crippen LogP contribution in [0.3, 0.4) is 0 Å². The summed E-state index contributed by atoms with van der Waals surface area (Å²) in [4.78, 5) is 7.11. The number of sulfone groups is 1. The zero-order valence-corrected chi connectivity index (χ0v) is 14.1. The molecule has 0 aliphatic carbocycles. The molecule has 3 heterocycles. The third-order valence-corrected chi connectivity index (χ3v) is 5.44. The van der Waals surface area contributed by atoms with Gasteiger partial charge in [0.2, 0.25) is 0 Å². The van der Waals surface area contributed by atoms with E-state index in [0.717, 1.165) is 50.3 Å². The summed E-state index contributed by atoms with van der Waals surface area (Å²) in [6.45, 7) is 2.87. The molecule has 1 aliphatic rings. The number of H-pyrrole nitrogens is 1. The Morgan fingerprint density at radius 3 is 3.00 bits per heavy atom. The Morgan fingerprint density at radius 1 is 1.39 bits per heavy atom. The van der Waals surface area contributed by atoms with Crippen molar-refractivity contribution < 1.29 is 8.42 Å². The van der Waals surface area contributed by atoms with E-state index in [1.165, 1.54) is 12.5 Å². The van der Waals surface area contributed by atoms with Gasteiger partial charge in [0.05, 0.1) is 17.6 Å². The lowest BCUT2D eigenvalue weighted by atomic mass is 9.93. The Bertz CT molecular complexity index is 742. The van der Waals surface area contributed by atoms with Crippen molar-refractivity contribution in [3.8, 4) is 0 Å². The summed E-state index contributed by atoms with van der Waals surface area (Å²) in [5.74, 6) is 0.438. The molecule has 0 spiro atoms. The highest BCUT2D eigenvalue weighted by atomic mass is 32.2. The maximum Gasteiger partial charge on any atom is 0.178 e. The fraction of sp³-hybridized carbons (Fsp3) is 0.500. The first-order valence-corrected chi connectivity index (χ1v) is 9.76. The summed E-state index contributed by atoms with van der Waals surface area (Å²) >= 11 is 0. The topological polar surface area (TPSA) is 79.0 Å². The fourth-order valence-corrected chi connectivity index (χ4v) is 4.06. The molecular weight excluding hydrogens is 312 g/mol. The van der Waals surface area contributed by atoms with Crippen molar-refractivity contribution in [1.82, 2.24) is 20.1 Å². The van der Waals surface area contributed by atoms with Gasteiger partial charge in [0.25, 0.3) is 0 Å². The van der Waals surface area contributed by atoms with Crippen LogP contribution in [0.5, 0.6) is 0 Å². The zero-order valence-electron chi connectivity index (χ0n) is 13.3. The second-order valence-corrected chi connectivity index (χ2v) is 8.24. The quantitative estimate of drug-likeness (QED) is 0.900. The number of likely N-dealkylation sites (tertiary alicyclic amines) is 1. The first-order valence-electron chi connectivity index (χ1n) is 7.87. The molecule has 0 aromatic carbocycles. The molecule has 1 fully saturated rings. The van der Waals surface area contributed by atoms with Crippen molar-refractivity contribution in [3.05, 3.63) is 42.0 Å². The molecule has 1 atom stereocenters. The van der Waals surface area contributed by atoms with Crippen LogP contribution in [-0.2, 0) is 22.8 Å².